The molecular weight excluding hydrogens is 206 g/mol. The largest absolute Gasteiger partial charge is 0.307 e. The zero-order valence-corrected chi connectivity index (χ0v) is 10.4. The van der Waals surface area contributed by atoms with E-state index >= 15 is 0 Å². The Morgan fingerprint density at radius 1 is 1.27 bits per heavy atom. The van der Waals surface area contributed by atoms with Crippen molar-refractivity contribution in [2.45, 2.75) is 45.7 Å². The van der Waals surface area contributed by atoms with Crippen molar-refractivity contribution in [1.82, 2.24) is 5.32 Å². The van der Waals surface area contributed by atoms with Gasteiger partial charge in [-0.3, -0.25) is 0 Å². The summed E-state index contributed by atoms with van der Waals surface area (Å²) in [7, 11) is 0. The molecule has 0 amide bonds. The molecule has 0 spiro atoms. The monoisotopic (exact) mass is 223 g/mol. The van der Waals surface area contributed by atoms with E-state index in [1.807, 2.05) is 0 Å². The summed E-state index contributed by atoms with van der Waals surface area (Å²) in [5.41, 5.74) is 3.81. The second kappa shape index (κ2) is 4.15. The van der Waals surface area contributed by atoms with Crippen molar-refractivity contribution in [2.75, 3.05) is 0 Å². The minimum Gasteiger partial charge on any atom is -0.307 e. The predicted octanol–water partition coefficient (Wildman–Crippen LogP) is 3.77. The van der Waals surface area contributed by atoms with Crippen molar-refractivity contribution in [1.29, 1.82) is 0 Å². The van der Waals surface area contributed by atoms with Crippen LogP contribution in [0, 0.1) is 13.8 Å². The number of halogens is 1. The molecule has 1 saturated carbocycles. The van der Waals surface area contributed by atoms with Crippen LogP contribution in [0.4, 0.5) is 0 Å². The van der Waals surface area contributed by atoms with Crippen LogP contribution in [0.5, 0.6) is 0 Å². The van der Waals surface area contributed by atoms with Crippen LogP contribution in [0.15, 0.2) is 12.1 Å². The second-order valence-electron chi connectivity index (χ2n) is 4.62. The van der Waals surface area contributed by atoms with Crippen LogP contribution in [0.25, 0.3) is 0 Å². The summed E-state index contributed by atoms with van der Waals surface area (Å²) in [6.07, 6.45) is 2.62. The summed E-state index contributed by atoms with van der Waals surface area (Å²) in [4.78, 5) is 0. The van der Waals surface area contributed by atoms with Crippen LogP contribution < -0.4 is 5.32 Å². The van der Waals surface area contributed by atoms with Gasteiger partial charge in [0.1, 0.15) is 0 Å². The van der Waals surface area contributed by atoms with E-state index in [0.717, 1.165) is 11.1 Å². The summed E-state index contributed by atoms with van der Waals surface area (Å²) in [6, 6.07) is 5.36. The van der Waals surface area contributed by atoms with Gasteiger partial charge in [-0.05, 0) is 56.4 Å². The highest BCUT2D eigenvalue weighted by molar-refractivity contribution is 6.31. The lowest BCUT2D eigenvalue weighted by atomic mass is 10.0. The first kappa shape index (κ1) is 11.0. The molecule has 1 N–H and O–H groups in total. The molecule has 1 aliphatic carbocycles. The third kappa shape index (κ3) is 2.53. The summed E-state index contributed by atoms with van der Waals surface area (Å²) >= 11 is 6.26. The highest BCUT2D eigenvalue weighted by Crippen LogP contribution is 2.29. The normalized spacial score (nSPS) is 17.9. The van der Waals surface area contributed by atoms with Crippen LogP contribution in [0.3, 0.4) is 0 Å². The van der Waals surface area contributed by atoms with E-state index in [1.54, 1.807) is 0 Å². The van der Waals surface area contributed by atoms with Gasteiger partial charge in [0.15, 0.2) is 0 Å². The topological polar surface area (TPSA) is 12.0 Å². The second-order valence-corrected chi connectivity index (χ2v) is 5.03. The Morgan fingerprint density at radius 3 is 2.47 bits per heavy atom. The Morgan fingerprint density at radius 2 is 1.87 bits per heavy atom. The molecule has 2 rings (SSSR count). The van der Waals surface area contributed by atoms with Gasteiger partial charge in [0, 0.05) is 17.1 Å². The van der Waals surface area contributed by atoms with Crippen molar-refractivity contribution >= 4 is 11.6 Å². The van der Waals surface area contributed by atoms with Crippen LogP contribution in [-0.4, -0.2) is 6.04 Å². The Bertz CT molecular complexity index is 369. The van der Waals surface area contributed by atoms with Crippen molar-refractivity contribution < 1.29 is 0 Å². The van der Waals surface area contributed by atoms with Gasteiger partial charge >= 0.3 is 0 Å². The smallest absolute Gasteiger partial charge is 0.0456 e. The van der Waals surface area contributed by atoms with E-state index in [9.17, 15) is 0 Å². The maximum Gasteiger partial charge on any atom is 0.0456 e. The first-order valence-electron chi connectivity index (χ1n) is 5.60. The zero-order chi connectivity index (χ0) is 11.0. The zero-order valence-electron chi connectivity index (χ0n) is 9.60. The van der Waals surface area contributed by atoms with E-state index in [2.05, 4.69) is 38.2 Å². The van der Waals surface area contributed by atoms with Gasteiger partial charge in [-0.2, -0.15) is 0 Å². The summed E-state index contributed by atoms with van der Waals surface area (Å²) in [5.74, 6) is 0. The minimum atomic E-state index is 0.365. The van der Waals surface area contributed by atoms with Crippen LogP contribution in [0.1, 0.15) is 42.5 Å². The van der Waals surface area contributed by atoms with E-state index < -0.39 is 0 Å². The lowest BCUT2D eigenvalue weighted by molar-refractivity contribution is 0.571. The lowest BCUT2D eigenvalue weighted by Gasteiger charge is -2.17. The van der Waals surface area contributed by atoms with Crippen molar-refractivity contribution in [2.24, 2.45) is 0 Å². The van der Waals surface area contributed by atoms with Crippen LogP contribution in [-0.2, 0) is 0 Å². The predicted molar refractivity (Wildman–Crippen MR) is 65.5 cm³/mol. The maximum atomic E-state index is 6.26. The number of nitrogens with one attached hydrogen (secondary N) is 1. The number of hydrogen-bond donors (Lipinski definition) is 1. The van der Waals surface area contributed by atoms with Gasteiger partial charge in [-0.25, -0.2) is 0 Å². The lowest BCUT2D eigenvalue weighted by Crippen LogP contribution is -2.21. The molecule has 1 aromatic carbocycles. The molecular formula is C13H18ClN. The Labute approximate surface area is 96.8 Å². The molecule has 0 heterocycles. The van der Waals surface area contributed by atoms with Crippen LogP contribution in [0.2, 0.25) is 5.02 Å². The Balaban J connectivity index is 2.21. The molecule has 1 atom stereocenters. The van der Waals surface area contributed by atoms with Crippen molar-refractivity contribution in [3.63, 3.8) is 0 Å². The quantitative estimate of drug-likeness (QED) is 0.823. The number of benzene rings is 1. The van der Waals surface area contributed by atoms with Gasteiger partial charge in [0.25, 0.3) is 0 Å². The molecule has 0 radical (unpaired) electrons. The molecule has 15 heavy (non-hydrogen) atoms. The highest BCUT2D eigenvalue weighted by Gasteiger charge is 2.24. The van der Waals surface area contributed by atoms with Gasteiger partial charge < -0.3 is 5.32 Å². The fraction of sp³-hybridized carbons (Fsp3) is 0.538. The molecule has 0 aromatic heterocycles. The third-order valence-corrected chi connectivity index (χ3v) is 3.47. The van der Waals surface area contributed by atoms with E-state index in [4.69, 9.17) is 11.6 Å². The van der Waals surface area contributed by atoms with E-state index in [0.29, 0.717) is 6.04 Å². The van der Waals surface area contributed by atoms with Crippen molar-refractivity contribution in [3.05, 3.63) is 33.8 Å². The summed E-state index contributed by atoms with van der Waals surface area (Å²) < 4.78 is 0. The minimum absolute atomic E-state index is 0.365. The first-order chi connectivity index (χ1) is 7.08. The molecule has 1 unspecified atom stereocenters. The SMILES string of the molecule is Cc1cc(Cl)c(C(C)NC2CC2)cc1C. The number of rotatable bonds is 3. The molecule has 1 fully saturated rings. The molecule has 1 nitrogen and oxygen atoms in total. The Hall–Kier alpha value is -0.530. The average Bonchev–Trinajstić information content (AvgIpc) is 2.95. The fourth-order valence-corrected chi connectivity index (χ4v) is 2.21. The molecule has 0 bridgehead atoms. The average molecular weight is 224 g/mol. The van der Waals surface area contributed by atoms with E-state index in [-0.39, 0.29) is 0 Å². The maximum absolute atomic E-state index is 6.26. The highest BCUT2D eigenvalue weighted by atomic mass is 35.5. The molecule has 1 aliphatic rings. The van der Waals surface area contributed by atoms with Gasteiger partial charge in [0.2, 0.25) is 0 Å². The number of hydrogen-bond acceptors (Lipinski definition) is 1. The van der Waals surface area contributed by atoms with Crippen LogP contribution >= 0.6 is 11.6 Å². The first-order valence-corrected chi connectivity index (χ1v) is 5.98. The van der Waals surface area contributed by atoms with E-state index in [1.165, 1.54) is 29.5 Å². The van der Waals surface area contributed by atoms with Gasteiger partial charge in [-0.15, -0.1) is 0 Å². The molecule has 1 aromatic rings. The molecule has 0 aliphatic heterocycles. The molecule has 0 saturated heterocycles. The fourth-order valence-electron chi connectivity index (χ4n) is 1.83. The summed E-state index contributed by atoms with van der Waals surface area (Å²) in [5, 5.41) is 4.46. The molecule has 2 heteroatoms. The van der Waals surface area contributed by atoms with Gasteiger partial charge in [0.05, 0.1) is 0 Å². The summed E-state index contributed by atoms with van der Waals surface area (Å²) in [6.45, 7) is 6.43. The van der Waals surface area contributed by atoms with Crippen molar-refractivity contribution in [3.8, 4) is 0 Å². The third-order valence-electron chi connectivity index (χ3n) is 3.14. The Kier molecular flexibility index (Phi) is 3.03. The van der Waals surface area contributed by atoms with Gasteiger partial charge in [-0.1, -0.05) is 17.7 Å². The number of aryl methyl sites for hydroxylation is 2. The molecule has 82 valence electrons. The standard InChI is InChI=1S/C13H18ClN/c1-8-6-12(13(14)7-9(8)2)10(3)15-11-4-5-11/h6-7,10-11,15H,4-5H2,1-3H3.